The minimum atomic E-state index is 0.560. The van der Waals surface area contributed by atoms with Crippen molar-refractivity contribution in [2.24, 2.45) is 0 Å². The van der Waals surface area contributed by atoms with Gasteiger partial charge in [-0.25, -0.2) is 15.0 Å². The van der Waals surface area contributed by atoms with Crippen molar-refractivity contribution in [3.05, 3.63) is 346 Å². The van der Waals surface area contributed by atoms with E-state index in [0.717, 1.165) is 100 Å². The lowest BCUT2D eigenvalue weighted by molar-refractivity contribution is 1.07. The first-order valence-corrected chi connectivity index (χ1v) is 34.8. The molecule has 0 aliphatic heterocycles. The molecule has 0 saturated heterocycles. The van der Waals surface area contributed by atoms with E-state index in [1.807, 2.05) is 0 Å². The molecular formula is C93H57N9. The Morgan fingerprint density at radius 2 is 0.333 bits per heavy atom. The summed E-state index contributed by atoms with van der Waals surface area (Å²) in [5, 5.41) is 14.5. The van der Waals surface area contributed by atoms with E-state index in [1.165, 1.54) is 81.2 Å². The van der Waals surface area contributed by atoms with E-state index in [-0.39, 0.29) is 0 Å². The van der Waals surface area contributed by atoms with Gasteiger partial charge in [0.25, 0.3) is 0 Å². The first-order chi connectivity index (χ1) is 50.6. The zero-order valence-corrected chi connectivity index (χ0v) is 54.9. The van der Waals surface area contributed by atoms with Crippen LogP contribution >= 0.6 is 0 Å². The molecule has 0 aliphatic carbocycles. The van der Waals surface area contributed by atoms with Gasteiger partial charge in [-0.15, -0.1) is 0 Å². The smallest absolute Gasteiger partial charge is 0.164 e. The van der Waals surface area contributed by atoms with Gasteiger partial charge >= 0.3 is 0 Å². The van der Waals surface area contributed by atoms with Gasteiger partial charge in [0.05, 0.1) is 66.2 Å². The SMILES string of the molecule is c1ccc(-n2c3ccccc3c3c4c5ccccc5n(-c5cccc(-c6nc(-c7cccc(-n8c9ccccc9c9c%10c%11ccccc%11n(-c%11ccccc%11)c%10ccc98)c7)nc(-c7cccc(-n8c9ccccc9c9c%10c%11ccccc%11n(-c%11ccccc%11)c%10ccc98)c7)n6)c5)c4ccc32)cc1. The van der Waals surface area contributed by atoms with E-state index >= 15 is 0 Å². The molecule has 0 N–H and O–H groups in total. The summed E-state index contributed by atoms with van der Waals surface area (Å²) >= 11 is 0. The fourth-order valence-electron chi connectivity index (χ4n) is 17.1. The molecule has 0 bridgehead atoms. The molecule has 7 aromatic heterocycles. The largest absolute Gasteiger partial charge is 0.309 e. The third-order valence-electron chi connectivity index (χ3n) is 21.2. The molecule has 0 aliphatic rings. The number of nitrogens with zero attached hydrogens (tertiary/aromatic N) is 9. The summed E-state index contributed by atoms with van der Waals surface area (Å²) in [5.41, 5.74) is 22.6. The summed E-state index contributed by atoms with van der Waals surface area (Å²) in [7, 11) is 0. The van der Waals surface area contributed by atoms with Crippen LogP contribution in [0.5, 0.6) is 0 Å². The maximum absolute atomic E-state index is 5.59. The van der Waals surface area contributed by atoms with E-state index in [9.17, 15) is 0 Å². The fraction of sp³-hybridized carbons (Fsp3) is 0. The Labute approximate surface area is 583 Å². The van der Waals surface area contributed by atoms with Crippen LogP contribution < -0.4 is 0 Å². The van der Waals surface area contributed by atoms with Crippen molar-refractivity contribution in [3.63, 3.8) is 0 Å². The normalized spacial score (nSPS) is 12.1. The number of benzene rings is 15. The Morgan fingerprint density at radius 3 is 0.559 bits per heavy atom. The van der Waals surface area contributed by atoms with Gasteiger partial charge in [0.2, 0.25) is 0 Å². The first kappa shape index (κ1) is 56.2. The number of para-hydroxylation sites is 9. The van der Waals surface area contributed by atoms with Crippen molar-refractivity contribution < 1.29 is 0 Å². The van der Waals surface area contributed by atoms with Crippen LogP contribution in [0.3, 0.4) is 0 Å². The highest BCUT2D eigenvalue weighted by atomic mass is 15.1. The van der Waals surface area contributed by atoms with Crippen LogP contribution in [-0.2, 0) is 0 Å². The van der Waals surface area contributed by atoms with Crippen LogP contribution in [0.1, 0.15) is 0 Å². The van der Waals surface area contributed by atoms with Crippen molar-refractivity contribution in [2.75, 3.05) is 0 Å². The van der Waals surface area contributed by atoms with Gasteiger partial charge in [0.1, 0.15) is 0 Å². The monoisotopic (exact) mass is 1300 g/mol. The van der Waals surface area contributed by atoms with Gasteiger partial charge in [-0.2, -0.15) is 0 Å². The third-order valence-corrected chi connectivity index (χ3v) is 21.2. The van der Waals surface area contributed by atoms with Crippen molar-refractivity contribution >= 4 is 131 Å². The summed E-state index contributed by atoms with van der Waals surface area (Å²) < 4.78 is 14.4. The van der Waals surface area contributed by atoms with Crippen LogP contribution in [0, 0.1) is 0 Å². The summed E-state index contributed by atoms with van der Waals surface area (Å²) in [6.07, 6.45) is 0. The minimum Gasteiger partial charge on any atom is -0.309 e. The maximum atomic E-state index is 5.59. The van der Waals surface area contributed by atoms with Gasteiger partial charge < -0.3 is 27.4 Å². The van der Waals surface area contributed by atoms with Crippen LogP contribution in [0.25, 0.3) is 199 Å². The number of fused-ring (bicyclic) bond motifs is 21. The Balaban J connectivity index is 0.749. The average molecular weight is 1300 g/mol. The number of aromatic nitrogens is 9. The topological polar surface area (TPSA) is 68.2 Å². The summed E-state index contributed by atoms with van der Waals surface area (Å²) in [6, 6.07) is 125. The predicted molar refractivity (Wildman–Crippen MR) is 422 cm³/mol. The van der Waals surface area contributed by atoms with Crippen molar-refractivity contribution in [1.82, 2.24) is 42.4 Å². The maximum Gasteiger partial charge on any atom is 0.164 e. The second-order valence-corrected chi connectivity index (χ2v) is 26.6. The lowest BCUT2D eigenvalue weighted by atomic mass is 10.1. The summed E-state index contributed by atoms with van der Waals surface area (Å²) in [5.74, 6) is 1.68. The standard InChI is InChI=1S/C93H57N9/c1-4-28-61(29-5-1)97-73-43-16-10-37-67(73)85-79(97)49-52-82-88(85)70-40-13-19-46-76(70)100(82)64-34-22-25-58(55-64)91-94-92(59-26-23-35-65(56-59)101-77-47-20-14-41-71(77)89-83(101)53-50-80-86(89)68-38-11-17-44-74(68)98(80)62-30-6-2-7-31-62)96-93(95-91)60-27-24-36-66(57-60)102-78-48-21-15-42-72(78)90-84(102)54-51-81-87(90)69-39-12-18-45-75(69)99(81)63-32-8-3-9-33-63/h1-57H. The Kier molecular flexibility index (Phi) is 12.0. The molecule has 0 saturated carbocycles. The van der Waals surface area contributed by atoms with Gasteiger partial charge in [0.15, 0.2) is 17.5 Å². The molecule has 7 heterocycles. The van der Waals surface area contributed by atoms with Crippen LogP contribution in [0.2, 0.25) is 0 Å². The quantitative estimate of drug-likeness (QED) is 0.145. The highest BCUT2D eigenvalue weighted by Crippen LogP contribution is 2.47. The molecule has 0 atom stereocenters. The van der Waals surface area contributed by atoms with Crippen LogP contribution in [0.15, 0.2) is 346 Å². The van der Waals surface area contributed by atoms with Crippen LogP contribution in [-0.4, -0.2) is 42.4 Å². The second-order valence-electron chi connectivity index (χ2n) is 26.6. The number of hydrogen-bond donors (Lipinski definition) is 0. The Hall–Kier alpha value is -13.9. The molecule has 0 amide bonds. The minimum absolute atomic E-state index is 0.560. The van der Waals surface area contributed by atoms with Gasteiger partial charge in [-0.05, 0) is 146 Å². The molecule has 15 aromatic carbocycles. The Bertz CT molecular complexity index is 6550. The van der Waals surface area contributed by atoms with Gasteiger partial charge in [0, 0.05) is 115 Å². The zero-order valence-electron chi connectivity index (χ0n) is 54.9. The average Bonchev–Trinajstić information content (AvgIpc) is 1.56. The molecule has 0 spiro atoms. The van der Waals surface area contributed by atoms with E-state index in [2.05, 4.69) is 373 Å². The molecule has 9 nitrogen and oxygen atoms in total. The van der Waals surface area contributed by atoms with Crippen LogP contribution in [0.4, 0.5) is 0 Å². The van der Waals surface area contributed by atoms with E-state index in [1.54, 1.807) is 0 Å². The highest BCUT2D eigenvalue weighted by Gasteiger charge is 2.26. The molecule has 0 unspecified atom stereocenters. The van der Waals surface area contributed by atoms with Gasteiger partial charge in [-0.3, -0.25) is 0 Å². The highest BCUT2D eigenvalue weighted by molar-refractivity contribution is 6.32. The molecule has 102 heavy (non-hydrogen) atoms. The van der Waals surface area contributed by atoms with E-state index in [0.29, 0.717) is 17.5 Å². The number of hydrogen-bond acceptors (Lipinski definition) is 3. The molecule has 474 valence electrons. The van der Waals surface area contributed by atoms with Gasteiger partial charge in [-0.1, -0.05) is 200 Å². The lowest BCUT2D eigenvalue weighted by Gasteiger charge is -2.14. The fourth-order valence-corrected chi connectivity index (χ4v) is 17.1. The van der Waals surface area contributed by atoms with E-state index < -0.39 is 0 Å². The molecule has 0 radical (unpaired) electrons. The van der Waals surface area contributed by atoms with Crippen molar-refractivity contribution in [3.8, 4) is 68.3 Å². The molecular weight excluding hydrogens is 1240 g/mol. The third kappa shape index (κ3) is 8.12. The van der Waals surface area contributed by atoms with Crippen molar-refractivity contribution in [1.29, 1.82) is 0 Å². The zero-order chi connectivity index (χ0) is 66.7. The van der Waals surface area contributed by atoms with E-state index in [4.69, 9.17) is 15.0 Å². The molecule has 9 heteroatoms. The predicted octanol–water partition coefficient (Wildman–Crippen LogP) is 23.5. The van der Waals surface area contributed by atoms with Crippen molar-refractivity contribution in [2.45, 2.75) is 0 Å². The lowest BCUT2D eigenvalue weighted by Crippen LogP contribution is -2.02. The Morgan fingerprint density at radius 1 is 0.147 bits per heavy atom. The molecule has 0 fully saturated rings. The molecule has 22 aromatic rings. The molecule has 22 rings (SSSR count). The second kappa shape index (κ2) is 21.8. The summed E-state index contributed by atoms with van der Waals surface area (Å²) in [6.45, 7) is 0. The first-order valence-electron chi connectivity index (χ1n) is 34.8. The summed E-state index contributed by atoms with van der Waals surface area (Å²) in [4.78, 5) is 16.8. The number of rotatable bonds is 9.